The number of likely N-dealkylation sites (N-methyl/N-ethyl adjacent to an activating group) is 1. The molecule has 2 atom stereocenters. The summed E-state index contributed by atoms with van der Waals surface area (Å²) in [7, 11) is 4.51. The van der Waals surface area contributed by atoms with E-state index in [0.29, 0.717) is 12.1 Å². The van der Waals surface area contributed by atoms with Crippen LogP contribution in [0.15, 0.2) is 0 Å². The Morgan fingerprint density at radius 3 is 1.88 bits per heavy atom. The first-order chi connectivity index (χ1) is 7.58. The van der Waals surface area contributed by atoms with Gasteiger partial charge in [-0.15, -0.1) is 0 Å². The maximum Gasteiger partial charge on any atom is 0.0195 e. The van der Waals surface area contributed by atoms with Gasteiger partial charge in [0.15, 0.2) is 0 Å². The van der Waals surface area contributed by atoms with Gasteiger partial charge in [-0.2, -0.15) is 0 Å². The quantitative estimate of drug-likeness (QED) is 0.662. The average molecular weight is 225 g/mol. The monoisotopic (exact) mass is 225 g/mol. The molecule has 2 aliphatic rings. The van der Waals surface area contributed by atoms with Gasteiger partial charge in [0.25, 0.3) is 0 Å². The lowest BCUT2D eigenvalue weighted by molar-refractivity contribution is 0.0158. The van der Waals surface area contributed by atoms with Crippen LogP contribution < -0.4 is 0 Å². The fraction of sp³-hybridized carbons (Fsp3) is 1.00. The lowest BCUT2D eigenvalue weighted by Crippen LogP contribution is -2.58. The number of likely N-dealkylation sites (tertiary alicyclic amines) is 1. The van der Waals surface area contributed by atoms with Gasteiger partial charge in [0.2, 0.25) is 0 Å². The minimum Gasteiger partial charge on any atom is -0.306 e. The van der Waals surface area contributed by atoms with E-state index < -0.39 is 0 Å². The number of hydrogen-bond donors (Lipinski definition) is 0. The Kier molecular flexibility index (Phi) is 3.88. The Morgan fingerprint density at radius 1 is 0.875 bits per heavy atom. The van der Waals surface area contributed by atoms with E-state index in [0.717, 1.165) is 6.04 Å². The zero-order chi connectivity index (χ0) is 11.7. The molecule has 2 rings (SSSR count). The van der Waals surface area contributed by atoms with Crippen LogP contribution in [-0.2, 0) is 0 Å². The Labute approximate surface area is 100 Å². The summed E-state index contributed by atoms with van der Waals surface area (Å²) in [6.45, 7) is 9.79. The first-order valence-electron chi connectivity index (χ1n) is 6.72. The smallest absolute Gasteiger partial charge is 0.0195 e. The van der Waals surface area contributed by atoms with Crippen molar-refractivity contribution in [1.82, 2.24) is 14.7 Å². The van der Waals surface area contributed by atoms with Crippen LogP contribution in [-0.4, -0.2) is 73.1 Å². The van der Waals surface area contributed by atoms with Crippen LogP contribution in [0.4, 0.5) is 0 Å². The van der Waals surface area contributed by atoms with Crippen LogP contribution in [0.2, 0.25) is 0 Å². The molecule has 0 N–H and O–H groups in total. The summed E-state index contributed by atoms with van der Waals surface area (Å²) in [4.78, 5) is 7.72. The molecule has 0 aliphatic carbocycles. The van der Waals surface area contributed by atoms with Gasteiger partial charge < -0.3 is 4.90 Å². The summed E-state index contributed by atoms with van der Waals surface area (Å²) in [5.41, 5.74) is 0. The first-order valence-corrected chi connectivity index (χ1v) is 6.72. The maximum absolute atomic E-state index is 2.74. The highest BCUT2D eigenvalue weighted by atomic mass is 15.3. The number of hydrogen-bond acceptors (Lipinski definition) is 3. The molecule has 0 aromatic heterocycles. The van der Waals surface area contributed by atoms with E-state index in [1.54, 1.807) is 0 Å². The molecule has 0 radical (unpaired) electrons. The van der Waals surface area contributed by atoms with E-state index in [2.05, 4.69) is 42.6 Å². The molecular weight excluding hydrogens is 198 g/mol. The van der Waals surface area contributed by atoms with E-state index in [1.807, 2.05) is 0 Å². The largest absolute Gasteiger partial charge is 0.306 e. The van der Waals surface area contributed by atoms with E-state index in [4.69, 9.17) is 0 Å². The number of nitrogens with zero attached hydrogens (tertiary/aromatic N) is 3. The van der Waals surface area contributed by atoms with Crippen LogP contribution in [0.3, 0.4) is 0 Å². The van der Waals surface area contributed by atoms with Gasteiger partial charge in [-0.1, -0.05) is 0 Å². The van der Waals surface area contributed by atoms with Gasteiger partial charge in [-0.05, 0) is 53.9 Å². The zero-order valence-corrected chi connectivity index (χ0v) is 11.3. The second-order valence-corrected chi connectivity index (χ2v) is 5.85. The first kappa shape index (κ1) is 12.3. The summed E-state index contributed by atoms with van der Waals surface area (Å²) in [6.07, 6.45) is 2.72. The van der Waals surface area contributed by atoms with Crippen molar-refractivity contribution in [3.05, 3.63) is 0 Å². The lowest BCUT2D eigenvalue weighted by Gasteiger charge is -2.47. The highest BCUT2D eigenvalue weighted by Crippen LogP contribution is 2.21. The molecule has 0 aromatic rings. The van der Waals surface area contributed by atoms with Crippen molar-refractivity contribution in [2.45, 2.75) is 44.8 Å². The number of rotatable bonds is 1. The van der Waals surface area contributed by atoms with Crippen molar-refractivity contribution < 1.29 is 0 Å². The van der Waals surface area contributed by atoms with Crippen molar-refractivity contribution in [2.24, 2.45) is 0 Å². The standard InChI is InChI=1S/C13H27N3/c1-11-9-16(10-12(2)15(11)4)13-5-7-14(3)8-6-13/h11-13H,5-10H2,1-4H3. The van der Waals surface area contributed by atoms with E-state index in [9.17, 15) is 0 Å². The third-order valence-electron chi connectivity index (χ3n) is 4.59. The van der Waals surface area contributed by atoms with E-state index in [1.165, 1.54) is 39.0 Å². The molecule has 0 aromatic carbocycles. The molecule has 16 heavy (non-hydrogen) atoms. The minimum atomic E-state index is 0.711. The van der Waals surface area contributed by atoms with E-state index >= 15 is 0 Å². The summed E-state index contributed by atoms with van der Waals surface area (Å²) in [6, 6.07) is 2.27. The fourth-order valence-electron chi connectivity index (χ4n) is 3.10. The zero-order valence-electron chi connectivity index (χ0n) is 11.3. The predicted octanol–water partition coefficient (Wildman–Crippen LogP) is 1.10. The van der Waals surface area contributed by atoms with E-state index in [-0.39, 0.29) is 0 Å². The third-order valence-corrected chi connectivity index (χ3v) is 4.59. The highest BCUT2D eigenvalue weighted by molar-refractivity contribution is 4.88. The van der Waals surface area contributed by atoms with Crippen LogP contribution >= 0.6 is 0 Å². The summed E-state index contributed by atoms with van der Waals surface area (Å²) < 4.78 is 0. The van der Waals surface area contributed by atoms with Gasteiger partial charge in [-0.25, -0.2) is 0 Å². The van der Waals surface area contributed by atoms with Gasteiger partial charge in [-0.3, -0.25) is 9.80 Å². The normalized spacial score (nSPS) is 36.8. The van der Waals surface area contributed by atoms with Gasteiger partial charge in [0.05, 0.1) is 0 Å². The fourth-order valence-corrected chi connectivity index (χ4v) is 3.10. The molecule has 2 fully saturated rings. The molecule has 2 aliphatic heterocycles. The molecule has 0 bridgehead atoms. The van der Waals surface area contributed by atoms with Crippen molar-refractivity contribution >= 4 is 0 Å². The van der Waals surface area contributed by atoms with Crippen molar-refractivity contribution in [3.63, 3.8) is 0 Å². The highest BCUT2D eigenvalue weighted by Gasteiger charge is 2.31. The van der Waals surface area contributed by atoms with Crippen LogP contribution in [0, 0.1) is 0 Å². The predicted molar refractivity (Wildman–Crippen MR) is 68.8 cm³/mol. The molecule has 2 heterocycles. The molecule has 3 heteroatoms. The summed E-state index contributed by atoms with van der Waals surface area (Å²) in [5.74, 6) is 0. The molecule has 0 spiro atoms. The Morgan fingerprint density at radius 2 is 1.38 bits per heavy atom. The van der Waals surface area contributed by atoms with Crippen LogP contribution in [0.1, 0.15) is 26.7 Å². The molecule has 0 saturated carbocycles. The third kappa shape index (κ3) is 2.58. The Balaban J connectivity index is 1.90. The second kappa shape index (κ2) is 5.03. The second-order valence-electron chi connectivity index (χ2n) is 5.85. The van der Waals surface area contributed by atoms with Gasteiger partial charge in [0, 0.05) is 31.2 Å². The molecule has 94 valence electrons. The average Bonchev–Trinajstić information content (AvgIpc) is 2.26. The molecule has 0 amide bonds. The molecule has 3 nitrogen and oxygen atoms in total. The molecule has 2 saturated heterocycles. The molecular formula is C13H27N3. The Bertz CT molecular complexity index is 211. The SMILES string of the molecule is CC1CN(C2CCN(C)CC2)CC(C)N1C. The van der Waals surface area contributed by atoms with Crippen LogP contribution in [0.25, 0.3) is 0 Å². The lowest BCUT2D eigenvalue weighted by atomic mass is 9.99. The molecule has 2 unspecified atom stereocenters. The van der Waals surface area contributed by atoms with Crippen LogP contribution in [0.5, 0.6) is 0 Å². The Hall–Kier alpha value is -0.120. The van der Waals surface area contributed by atoms with Gasteiger partial charge in [0.1, 0.15) is 0 Å². The number of piperidine rings is 1. The van der Waals surface area contributed by atoms with Crippen molar-refractivity contribution in [2.75, 3.05) is 40.3 Å². The maximum atomic E-state index is 2.74. The van der Waals surface area contributed by atoms with Crippen molar-refractivity contribution in [1.29, 1.82) is 0 Å². The van der Waals surface area contributed by atoms with Gasteiger partial charge >= 0.3 is 0 Å². The minimum absolute atomic E-state index is 0.711. The summed E-state index contributed by atoms with van der Waals surface area (Å²) in [5, 5.41) is 0. The summed E-state index contributed by atoms with van der Waals surface area (Å²) >= 11 is 0. The topological polar surface area (TPSA) is 9.72 Å². The van der Waals surface area contributed by atoms with Crippen molar-refractivity contribution in [3.8, 4) is 0 Å². The number of piperazine rings is 1.